The van der Waals surface area contributed by atoms with Gasteiger partial charge in [0.15, 0.2) is 0 Å². The van der Waals surface area contributed by atoms with Crippen molar-refractivity contribution >= 4 is 5.84 Å². The molecule has 6 nitrogen and oxygen atoms in total. The predicted molar refractivity (Wildman–Crippen MR) is 60.1 cm³/mol. The number of rotatable bonds is 3. The van der Waals surface area contributed by atoms with Crippen LogP contribution in [0.15, 0.2) is 12.4 Å². The molecular weight excluding hydrogens is 206 g/mol. The zero-order chi connectivity index (χ0) is 11.5. The molecule has 1 saturated heterocycles. The van der Waals surface area contributed by atoms with Gasteiger partial charge in [0.25, 0.3) is 0 Å². The zero-order valence-electron chi connectivity index (χ0n) is 9.39. The fourth-order valence-electron chi connectivity index (χ4n) is 1.85. The first-order valence-corrected chi connectivity index (χ1v) is 5.30. The Hall–Kier alpha value is -1.40. The molecule has 1 aromatic rings. The van der Waals surface area contributed by atoms with E-state index in [1.807, 2.05) is 19.4 Å². The number of hydrogen-bond acceptors (Lipinski definition) is 4. The van der Waals surface area contributed by atoms with Gasteiger partial charge < -0.3 is 10.5 Å². The number of hydrogen-bond donors (Lipinski definition) is 2. The van der Waals surface area contributed by atoms with Crippen LogP contribution in [0, 0.1) is 5.41 Å². The van der Waals surface area contributed by atoms with Crippen LogP contribution in [-0.4, -0.2) is 46.3 Å². The summed E-state index contributed by atoms with van der Waals surface area (Å²) in [6.07, 6.45) is 3.60. The smallest absolute Gasteiger partial charge is 0.127 e. The van der Waals surface area contributed by atoms with Gasteiger partial charge >= 0.3 is 0 Å². The number of nitrogens with zero attached hydrogens (tertiary/aromatic N) is 3. The van der Waals surface area contributed by atoms with Crippen LogP contribution in [0.25, 0.3) is 0 Å². The number of ether oxygens (including phenoxy) is 1. The summed E-state index contributed by atoms with van der Waals surface area (Å²) in [5, 5.41) is 11.5. The maximum absolute atomic E-state index is 7.37. The quantitative estimate of drug-likeness (QED) is 0.537. The monoisotopic (exact) mass is 223 g/mol. The first kappa shape index (κ1) is 11.1. The molecule has 0 amide bonds. The summed E-state index contributed by atoms with van der Waals surface area (Å²) >= 11 is 0. The number of amidine groups is 1. The lowest BCUT2D eigenvalue weighted by Crippen LogP contribution is -2.47. The van der Waals surface area contributed by atoms with Crippen molar-refractivity contribution in [3.63, 3.8) is 0 Å². The lowest BCUT2D eigenvalue weighted by atomic mass is 10.2. The van der Waals surface area contributed by atoms with Crippen molar-refractivity contribution in [2.24, 2.45) is 12.8 Å². The van der Waals surface area contributed by atoms with E-state index < -0.39 is 0 Å². The van der Waals surface area contributed by atoms with E-state index in [9.17, 15) is 0 Å². The summed E-state index contributed by atoms with van der Waals surface area (Å²) in [7, 11) is 1.90. The Bertz CT molecular complexity index is 375. The third-order valence-corrected chi connectivity index (χ3v) is 2.66. The molecule has 1 fully saturated rings. The molecule has 6 heteroatoms. The minimum absolute atomic E-state index is 0.107. The zero-order valence-corrected chi connectivity index (χ0v) is 9.39. The van der Waals surface area contributed by atoms with Crippen molar-refractivity contribution in [1.29, 1.82) is 5.41 Å². The molecule has 2 heterocycles. The van der Waals surface area contributed by atoms with Crippen molar-refractivity contribution in [1.82, 2.24) is 14.7 Å². The Balaban J connectivity index is 1.92. The molecule has 1 atom stereocenters. The second-order valence-corrected chi connectivity index (χ2v) is 4.07. The standard InChI is InChI=1S/C10H17N5O/c1-14-5-8(4-13-14)6-15-2-3-16-9(7-15)10(11)12/h4-5,9H,2-3,6-7H2,1H3,(H3,11,12). The normalized spacial score (nSPS) is 22.2. The van der Waals surface area contributed by atoms with Crippen molar-refractivity contribution in [2.45, 2.75) is 12.6 Å². The van der Waals surface area contributed by atoms with Crippen LogP contribution in [0.5, 0.6) is 0 Å². The van der Waals surface area contributed by atoms with Gasteiger partial charge in [0.05, 0.1) is 12.8 Å². The van der Waals surface area contributed by atoms with Crippen LogP contribution in [0.3, 0.4) is 0 Å². The molecule has 0 radical (unpaired) electrons. The molecule has 0 saturated carbocycles. The lowest BCUT2D eigenvalue weighted by molar-refractivity contribution is 0.00235. The van der Waals surface area contributed by atoms with Gasteiger partial charge in [-0.05, 0) is 0 Å². The van der Waals surface area contributed by atoms with Crippen LogP contribution < -0.4 is 5.73 Å². The topological polar surface area (TPSA) is 80.2 Å². The first-order valence-electron chi connectivity index (χ1n) is 5.30. The van der Waals surface area contributed by atoms with Gasteiger partial charge in [-0.25, -0.2) is 0 Å². The average molecular weight is 223 g/mol. The van der Waals surface area contributed by atoms with Crippen LogP contribution in [0.1, 0.15) is 5.56 Å². The molecule has 0 bridgehead atoms. The fraction of sp³-hybridized carbons (Fsp3) is 0.600. The Morgan fingerprint density at radius 2 is 2.56 bits per heavy atom. The van der Waals surface area contributed by atoms with E-state index in [-0.39, 0.29) is 11.9 Å². The molecule has 0 spiro atoms. The fourth-order valence-corrected chi connectivity index (χ4v) is 1.85. The Kier molecular flexibility index (Phi) is 3.21. The second kappa shape index (κ2) is 4.63. The molecule has 2 rings (SSSR count). The predicted octanol–water partition coefficient (Wildman–Crippen LogP) is -0.443. The highest BCUT2D eigenvalue weighted by atomic mass is 16.5. The van der Waals surface area contributed by atoms with Gasteiger partial charge in [-0.3, -0.25) is 15.0 Å². The molecule has 0 aliphatic carbocycles. The van der Waals surface area contributed by atoms with E-state index in [2.05, 4.69) is 10.00 Å². The maximum atomic E-state index is 7.37. The van der Waals surface area contributed by atoms with E-state index in [1.165, 1.54) is 5.56 Å². The summed E-state index contributed by atoms with van der Waals surface area (Å²) in [6, 6.07) is 0. The molecule has 1 aromatic heterocycles. The Labute approximate surface area is 94.5 Å². The van der Waals surface area contributed by atoms with E-state index >= 15 is 0 Å². The second-order valence-electron chi connectivity index (χ2n) is 4.07. The summed E-state index contributed by atoms with van der Waals surface area (Å²) in [5.74, 6) is 0.107. The average Bonchev–Trinajstić information content (AvgIpc) is 2.64. The molecule has 16 heavy (non-hydrogen) atoms. The van der Waals surface area contributed by atoms with E-state index in [0.717, 1.165) is 13.1 Å². The van der Waals surface area contributed by atoms with E-state index in [4.69, 9.17) is 15.9 Å². The van der Waals surface area contributed by atoms with Gasteiger partial charge in [-0.15, -0.1) is 0 Å². The number of aryl methyl sites for hydroxylation is 1. The van der Waals surface area contributed by atoms with Crippen molar-refractivity contribution < 1.29 is 4.74 Å². The number of morpholine rings is 1. The lowest BCUT2D eigenvalue weighted by Gasteiger charge is -2.31. The number of nitrogens with two attached hydrogens (primary N) is 1. The molecular formula is C10H17N5O. The first-order chi connectivity index (χ1) is 7.65. The van der Waals surface area contributed by atoms with Crippen molar-refractivity contribution in [3.05, 3.63) is 18.0 Å². The van der Waals surface area contributed by atoms with E-state index in [1.54, 1.807) is 4.68 Å². The Morgan fingerprint density at radius 1 is 1.75 bits per heavy atom. The molecule has 1 aliphatic rings. The third kappa shape index (κ3) is 2.59. The highest BCUT2D eigenvalue weighted by molar-refractivity contribution is 5.82. The molecule has 0 aromatic carbocycles. The van der Waals surface area contributed by atoms with Gasteiger partial charge in [-0.1, -0.05) is 0 Å². The summed E-state index contributed by atoms with van der Waals surface area (Å²) < 4.78 is 7.19. The Morgan fingerprint density at radius 3 is 3.19 bits per heavy atom. The summed E-state index contributed by atoms with van der Waals surface area (Å²) in [6.45, 7) is 3.02. The number of aromatic nitrogens is 2. The SMILES string of the molecule is Cn1cc(CN2CCOC(C(=N)N)C2)cn1. The molecule has 88 valence electrons. The van der Waals surface area contributed by atoms with Crippen molar-refractivity contribution in [3.8, 4) is 0 Å². The van der Waals surface area contributed by atoms with Crippen LogP contribution >= 0.6 is 0 Å². The molecule has 1 unspecified atom stereocenters. The maximum Gasteiger partial charge on any atom is 0.127 e. The number of nitrogens with one attached hydrogen (secondary N) is 1. The van der Waals surface area contributed by atoms with Crippen molar-refractivity contribution in [2.75, 3.05) is 19.7 Å². The largest absolute Gasteiger partial charge is 0.385 e. The molecule has 3 N–H and O–H groups in total. The third-order valence-electron chi connectivity index (χ3n) is 2.66. The van der Waals surface area contributed by atoms with Gasteiger partial charge in [0, 0.05) is 38.4 Å². The van der Waals surface area contributed by atoms with Crippen LogP contribution in [0.2, 0.25) is 0 Å². The van der Waals surface area contributed by atoms with E-state index in [0.29, 0.717) is 13.2 Å². The minimum atomic E-state index is -0.259. The van der Waals surface area contributed by atoms with Gasteiger partial charge in [0.2, 0.25) is 0 Å². The van der Waals surface area contributed by atoms with Gasteiger partial charge in [-0.2, -0.15) is 5.10 Å². The highest BCUT2D eigenvalue weighted by Gasteiger charge is 2.22. The minimum Gasteiger partial charge on any atom is -0.385 e. The van der Waals surface area contributed by atoms with Crippen LogP contribution in [-0.2, 0) is 18.3 Å². The van der Waals surface area contributed by atoms with Gasteiger partial charge in [0.1, 0.15) is 11.9 Å². The highest BCUT2D eigenvalue weighted by Crippen LogP contribution is 2.09. The van der Waals surface area contributed by atoms with Crippen LogP contribution in [0.4, 0.5) is 0 Å². The summed E-state index contributed by atoms with van der Waals surface area (Å²) in [4.78, 5) is 2.23. The summed E-state index contributed by atoms with van der Waals surface area (Å²) in [5.41, 5.74) is 6.61. The molecule has 1 aliphatic heterocycles.